The number of ether oxygens (including phenoxy) is 3. The highest BCUT2D eigenvalue weighted by atomic mass is 35.5. The molecule has 166 valence electrons. The van der Waals surface area contributed by atoms with Crippen molar-refractivity contribution in [3.05, 3.63) is 99.7 Å². The van der Waals surface area contributed by atoms with Gasteiger partial charge in [0.1, 0.15) is 34.7 Å². The molecule has 1 unspecified atom stereocenters. The van der Waals surface area contributed by atoms with Crippen LogP contribution in [-0.2, 0) is 0 Å². The third-order valence-electron chi connectivity index (χ3n) is 5.07. The topological polar surface area (TPSA) is 94.6 Å². The quantitative estimate of drug-likeness (QED) is 0.406. The summed E-state index contributed by atoms with van der Waals surface area (Å²) in [7, 11) is 0. The lowest BCUT2D eigenvalue weighted by Crippen LogP contribution is -2.22. The third kappa shape index (κ3) is 4.34. The van der Waals surface area contributed by atoms with Gasteiger partial charge in [-0.3, -0.25) is 0 Å². The first-order valence-corrected chi connectivity index (χ1v) is 10.4. The number of hydrogen-bond donors (Lipinski definition) is 1. The summed E-state index contributed by atoms with van der Waals surface area (Å²) in [6.45, 7) is 2.31. The number of nitriles is 1. The van der Waals surface area contributed by atoms with E-state index in [9.17, 15) is 14.4 Å². The molecule has 33 heavy (non-hydrogen) atoms. The maximum Gasteiger partial charge on any atom is 0.343 e. The predicted molar refractivity (Wildman–Crippen MR) is 120 cm³/mol. The maximum absolute atomic E-state index is 14.7. The van der Waals surface area contributed by atoms with Crippen LogP contribution in [0.4, 0.5) is 4.39 Å². The van der Waals surface area contributed by atoms with E-state index in [-0.39, 0.29) is 33.5 Å². The van der Waals surface area contributed by atoms with Crippen molar-refractivity contribution in [2.24, 2.45) is 5.73 Å². The molecule has 1 aliphatic rings. The van der Waals surface area contributed by atoms with Crippen LogP contribution < -0.4 is 19.9 Å². The monoisotopic (exact) mass is 464 g/mol. The van der Waals surface area contributed by atoms with Gasteiger partial charge in [-0.15, -0.1) is 0 Å². The number of benzene rings is 3. The lowest BCUT2D eigenvalue weighted by atomic mass is 9.83. The van der Waals surface area contributed by atoms with Crippen LogP contribution in [0.3, 0.4) is 0 Å². The first kappa shape index (κ1) is 22.2. The lowest BCUT2D eigenvalue weighted by Gasteiger charge is -2.27. The van der Waals surface area contributed by atoms with E-state index in [1.807, 2.05) is 13.0 Å². The Morgan fingerprint density at radius 2 is 1.97 bits per heavy atom. The Morgan fingerprint density at radius 3 is 2.70 bits per heavy atom. The largest absolute Gasteiger partial charge is 0.494 e. The third-order valence-corrected chi connectivity index (χ3v) is 5.40. The van der Waals surface area contributed by atoms with Gasteiger partial charge in [0.05, 0.1) is 18.1 Å². The number of esters is 1. The zero-order valence-corrected chi connectivity index (χ0v) is 18.2. The number of halogens is 2. The smallest absolute Gasteiger partial charge is 0.343 e. The van der Waals surface area contributed by atoms with Crippen LogP contribution in [0, 0.1) is 17.1 Å². The first-order valence-electron chi connectivity index (χ1n) is 10.0. The Labute approximate surface area is 194 Å². The van der Waals surface area contributed by atoms with Gasteiger partial charge >= 0.3 is 5.97 Å². The number of rotatable bonds is 5. The number of hydrogen-bond acceptors (Lipinski definition) is 6. The molecule has 8 heteroatoms. The summed E-state index contributed by atoms with van der Waals surface area (Å²) < 4.78 is 31.2. The second kappa shape index (κ2) is 9.23. The summed E-state index contributed by atoms with van der Waals surface area (Å²) in [6, 6.07) is 17.5. The van der Waals surface area contributed by atoms with Crippen LogP contribution in [0.5, 0.6) is 17.2 Å². The van der Waals surface area contributed by atoms with Crippen molar-refractivity contribution in [1.82, 2.24) is 0 Å². The van der Waals surface area contributed by atoms with Crippen LogP contribution in [0.1, 0.15) is 34.3 Å². The van der Waals surface area contributed by atoms with E-state index < -0.39 is 17.7 Å². The van der Waals surface area contributed by atoms with E-state index in [1.54, 1.807) is 30.3 Å². The molecular weight excluding hydrogens is 447 g/mol. The van der Waals surface area contributed by atoms with Gasteiger partial charge < -0.3 is 19.9 Å². The van der Waals surface area contributed by atoms with Gasteiger partial charge in [-0.05, 0) is 43.3 Å². The minimum atomic E-state index is -0.875. The minimum Gasteiger partial charge on any atom is -0.494 e. The van der Waals surface area contributed by atoms with Gasteiger partial charge in [0, 0.05) is 22.2 Å². The Balaban J connectivity index is 1.69. The summed E-state index contributed by atoms with van der Waals surface area (Å²) in [6.07, 6.45) is 0. The van der Waals surface area contributed by atoms with E-state index in [4.69, 9.17) is 31.5 Å². The van der Waals surface area contributed by atoms with Crippen LogP contribution in [0.2, 0.25) is 5.02 Å². The molecule has 0 spiro atoms. The van der Waals surface area contributed by atoms with Gasteiger partial charge in [-0.2, -0.15) is 5.26 Å². The highest BCUT2D eigenvalue weighted by molar-refractivity contribution is 6.31. The van der Waals surface area contributed by atoms with Gasteiger partial charge in [0.2, 0.25) is 5.88 Å². The molecule has 3 aromatic carbocycles. The summed E-state index contributed by atoms with van der Waals surface area (Å²) in [5.74, 6) is -1.27. The zero-order chi connectivity index (χ0) is 23.5. The SMILES string of the molecule is CCOc1cccc(C(=O)Oc2ccc3c(c2)OC(N)=C(C#N)C3c2c(F)cccc2Cl)c1. The van der Waals surface area contributed by atoms with Crippen molar-refractivity contribution in [3.63, 3.8) is 0 Å². The molecule has 1 aliphatic heterocycles. The van der Waals surface area contributed by atoms with E-state index in [2.05, 4.69) is 0 Å². The molecule has 2 N–H and O–H groups in total. The molecule has 0 saturated heterocycles. The highest BCUT2D eigenvalue weighted by Crippen LogP contribution is 2.46. The van der Waals surface area contributed by atoms with E-state index >= 15 is 0 Å². The van der Waals surface area contributed by atoms with Gasteiger partial charge in [0.25, 0.3) is 0 Å². The fourth-order valence-electron chi connectivity index (χ4n) is 3.63. The van der Waals surface area contributed by atoms with E-state index in [1.165, 1.54) is 30.3 Å². The van der Waals surface area contributed by atoms with Crippen molar-refractivity contribution >= 4 is 17.6 Å². The van der Waals surface area contributed by atoms with Crippen LogP contribution in [-0.4, -0.2) is 12.6 Å². The Morgan fingerprint density at radius 1 is 1.18 bits per heavy atom. The summed E-state index contributed by atoms with van der Waals surface area (Å²) in [4.78, 5) is 12.6. The average Bonchev–Trinajstić information content (AvgIpc) is 2.79. The van der Waals surface area contributed by atoms with Crippen molar-refractivity contribution in [2.75, 3.05) is 6.61 Å². The van der Waals surface area contributed by atoms with Crippen LogP contribution in [0.15, 0.2) is 72.1 Å². The Bertz CT molecular complexity index is 1300. The van der Waals surface area contributed by atoms with E-state index in [0.29, 0.717) is 23.5 Å². The Kier molecular flexibility index (Phi) is 6.20. The van der Waals surface area contributed by atoms with Crippen molar-refractivity contribution in [2.45, 2.75) is 12.8 Å². The molecule has 1 atom stereocenters. The lowest BCUT2D eigenvalue weighted by molar-refractivity contribution is 0.0734. The number of carbonyl (C=O) groups is 1. The molecule has 0 bridgehead atoms. The van der Waals surface area contributed by atoms with Crippen molar-refractivity contribution < 1.29 is 23.4 Å². The Hall–Kier alpha value is -4.02. The zero-order valence-electron chi connectivity index (χ0n) is 17.5. The summed E-state index contributed by atoms with van der Waals surface area (Å²) in [5, 5.41) is 9.80. The number of nitrogens with two attached hydrogens (primary N) is 1. The molecule has 0 radical (unpaired) electrons. The van der Waals surface area contributed by atoms with Gasteiger partial charge in [-0.25, -0.2) is 9.18 Å². The van der Waals surface area contributed by atoms with Gasteiger partial charge in [0.15, 0.2) is 0 Å². The summed E-state index contributed by atoms with van der Waals surface area (Å²) >= 11 is 6.27. The molecule has 4 rings (SSSR count). The van der Waals surface area contributed by atoms with Crippen LogP contribution in [0.25, 0.3) is 0 Å². The minimum absolute atomic E-state index is 0.0342. The molecule has 6 nitrogen and oxygen atoms in total. The molecule has 0 aromatic heterocycles. The molecule has 0 saturated carbocycles. The molecule has 0 aliphatic carbocycles. The van der Waals surface area contributed by atoms with E-state index in [0.717, 1.165) is 0 Å². The highest BCUT2D eigenvalue weighted by Gasteiger charge is 2.34. The number of nitrogens with zero attached hydrogens (tertiary/aromatic N) is 1. The maximum atomic E-state index is 14.7. The second-order valence-corrected chi connectivity index (χ2v) is 7.52. The van der Waals surface area contributed by atoms with Gasteiger partial charge in [-0.1, -0.05) is 29.8 Å². The normalized spacial score (nSPS) is 14.7. The number of fused-ring (bicyclic) bond motifs is 1. The van der Waals surface area contributed by atoms with Crippen molar-refractivity contribution in [3.8, 4) is 23.3 Å². The molecule has 0 fully saturated rings. The molecular formula is C25H18ClFN2O4. The first-order chi connectivity index (χ1) is 15.9. The van der Waals surface area contributed by atoms with Crippen molar-refractivity contribution in [1.29, 1.82) is 5.26 Å². The fraction of sp³-hybridized carbons (Fsp3) is 0.120. The second-order valence-electron chi connectivity index (χ2n) is 7.11. The number of allylic oxidation sites excluding steroid dienone is 1. The molecule has 3 aromatic rings. The van der Waals surface area contributed by atoms with Crippen LogP contribution >= 0.6 is 11.6 Å². The molecule has 1 heterocycles. The standard InChI is InChI=1S/C25H18ClFN2O4/c1-2-31-15-6-3-5-14(11-15)25(30)32-16-9-10-17-21(12-16)33-24(29)18(13-28)22(17)23-19(26)7-4-8-20(23)27/h3-12,22H,2,29H2,1H3. The average molecular weight is 465 g/mol. The number of carbonyl (C=O) groups excluding carboxylic acids is 1. The summed E-state index contributed by atoms with van der Waals surface area (Å²) in [5.41, 5.74) is 6.88. The fourth-order valence-corrected chi connectivity index (χ4v) is 3.90. The predicted octanol–water partition coefficient (Wildman–Crippen LogP) is 5.32. The molecule has 0 amide bonds.